The second-order valence-corrected chi connectivity index (χ2v) is 9.80. The molecule has 0 bridgehead atoms. The van der Waals surface area contributed by atoms with Gasteiger partial charge in [-0.05, 0) is 57.4 Å². The highest BCUT2D eigenvalue weighted by atomic mass is 15.3. The van der Waals surface area contributed by atoms with Crippen molar-refractivity contribution in [2.45, 2.75) is 66.6 Å². The summed E-state index contributed by atoms with van der Waals surface area (Å²) >= 11 is 0. The molecule has 176 valence electrons. The van der Waals surface area contributed by atoms with Crippen LogP contribution in [0.5, 0.6) is 0 Å². The SMILES string of the molecule is CCc1nc2c(C)cc(C)nc2n1Cc1ccc(/C=C/CN2CCN(C(C)C)C(C)C2)cc1. The van der Waals surface area contributed by atoms with Gasteiger partial charge in [0.2, 0.25) is 0 Å². The average molecular weight is 446 g/mol. The van der Waals surface area contributed by atoms with Crippen LogP contribution in [0.15, 0.2) is 36.4 Å². The second kappa shape index (κ2) is 10.2. The summed E-state index contributed by atoms with van der Waals surface area (Å²) in [6, 6.07) is 12.3. The van der Waals surface area contributed by atoms with E-state index in [0.717, 1.165) is 61.8 Å². The lowest BCUT2D eigenvalue weighted by atomic mass is 10.1. The molecular formula is C28H39N5. The number of aromatic nitrogens is 3. The van der Waals surface area contributed by atoms with Crippen LogP contribution in [0.25, 0.3) is 17.2 Å². The number of fused-ring (bicyclic) bond motifs is 1. The lowest BCUT2D eigenvalue weighted by Crippen LogP contribution is -2.54. The van der Waals surface area contributed by atoms with Gasteiger partial charge in [-0.3, -0.25) is 9.80 Å². The Balaban J connectivity index is 1.40. The molecule has 0 radical (unpaired) electrons. The Bertz CT molecular complexity index is 1110. The molecule has 1 saturated heterocycles. The normalized spacial score (nSPS) is 18.2. The van der Waals surface area contributed by atoms with Gasteiger partial charge in [-0.25, -0.2) is 9.97 Å². The van der Waals surface area contributed by atoms with Crippen molar-refractivity contribution >= 4 is 17.2 Å². The molecule has 0 saturated carbocycles. The molecular weight excluding hydrogens is 406 g/mol. The second-order valence-electron chi connectivity index (χ2n) is 9.80. The van der Waals surface area contributed by atoms with Gasteiger partial charge in [0, 0.05) is 50.4 Å². The summed E-state index contributed by atoms with van der Waals surface area (Å²) in [7, 11) is 0. The third kappa shape index (κ3) is 5.36. The Morgan fingerprint density at radius 2 is 1.85 bits per heavy atom. The van der Waals surface area contributed by atoms with E-state index in [-0.39, 0.29) is 0 Å². The van der Waals surface area contributed by atoms with Crippen LogP contribution in [0.4, 0.5) is 0 Å². The fourth-order valence-electron chi connectivity index (χ4n) is 5.12. The zero-order chi connectivity index (χ0) is 23.5. The van der Waals surface area contributed by atoms with Crippen LogP contribution < -0.4 is 0 Å². The molecule has 0 spiro atoms. The van der Waals surface area contributed by atoms with Gasteiger partial charge in [0.15, 0.2) is 5.65 Å². The van der Waals surface area contributed by atoms with Crippen molar-refractivity contribution < 1.29 is 0 Å². The zero-order valence-corrected chi connectivity index (χ0v) is 21.2. The van der Waals surface area contributed by atoms with E-state index in [1.807, 2.05) is 0 Å². The van der Waals surface area contributed by atoms with E-state index < -0.39 is 0 Å². The summed E-state index contributed by atoms with van der Waals surface area (Å²) < 4.78 is 2.28. The maximum absolute atomic E-state index is 4.87. The first-order valence-corrected chi connectivity index (χ1v) is 12.4. The maximum atomic E-state index is 4.87. The van der Waals surface area contributed by atoms with E-state index in [1.54, 1.807) is 0 Å². The van der Waals surface area contributed by atoms with E-state index in [1.165, 1.54) is 16.7 Å². The summed E-state index contributed by atoms with van der Waals surface area (Å²) in [5, 5.41) is 0. The average Bonchev–Trinajstić information content (AvgIpc) is 3.12. The standard InChI is InChI=1S/C28H39N5/c1-7-26-30-27-21(4)17-22(5)29-28(27)33(26)19-25-12-10-24(11-13-25)9-8-14-31-15-16-32(20(2)3)23(6)18-31/h8-13,17,20,23H,7,14-16,18-19H2,1-6H3/b9-8+. The number of nitrogens with zero attached hydrogens (tertiary/aromatic N) is 5. The van der Waals surface area contributed by atoms with Gasteiger partial charge in [-0.2, -0.15) is 0 Å². The molecule has 2 aromatic heterocycles. The first-order chi connectivity index (χ1) is 15.9. The lowest BCUT2D eigenvalue weighted by molar-refractivity contribution is 0.0666. The smallest absolute Gasteiger partial charge is 0.160 e. The third-order valence-corrected chi connectivity index (χ3v) is 6.84. The third-order valence-electron chi connectivity index (χ3n) is 6.84. The van der Waals surface area contributed by atoms with E-state index in [9.17, 15) is 0 Å². The summed E-state index contributed by atoms with van der Waals surface area (Å²) in [5.41, 5.74) is 6.81. The van der Waals surface area contributed by atoms with Crippen molar-refractivity contribution in [2.24, 2.45) is 0 Å². The van der Waals surface area contributed by atoms with Crippen molar-refractivity contribution in [3.05, 3.63) is 64.6 Å². The fraction of sp³-hybridized carbons (Fsp3) is 0.500. The molecule has 1 aliphatic rings. The quantitative estimate of drug-likeness (QED) is 0.508. The van der Waals surface area contributed by atoms with E-state index in [0.29, 0.717) is 12.1 Å². The summed E-state index contributed by atoms with van der Waals surface area (Å²) in [6.07, 6.45) is 5.46. The highest BCUT2D eigenvalue weighted by molar-refractivity contribution is 5.76. The predicted octanol–water partition coefficient (Wildman–Crippen LogP) is 5.09. The van der Waals surface area contributed by atoms with Crippen LogP contribution in [0.3, 0.4) is 0 Å². The molecule has 1 aliphatic heterocycles. The lowest BCUT2D eigenvalue weighted by Gasteiger charge is -2.41. The van der Waals surface area contributed by atoms with Gasteiger partial charge in [0.05, 0.1) is 6.54 Å². The fourth-order valence-corrected chi connectivity index (χ4v) is 5.12. The summed E-state index contributed by atoms with van der Waals surface area (Å²) in [5.74, 6) is 1.10. The molecule has 33 heavy (non-hydrogen) atoms. The largest absolute Gasteiger partial charge is 0.308 e. The van der Waals surface area contributed by atoms with Crippen LogP contribution in [-0.2, 0) is 13.0 Å². The van der Waals surface area contributed by atoms with Crippen LogP contribution in [0.1, 0.15) is 55.9 Å². The molecule has 0 amide bonds. The van der Waals surface area contributed by atoms with Gasteiger partial charge in [0.25, 0.3) is 0 Å². The van der Waals surface area contributed by atoms with E-state index >= 15 is 0 Å². The monoisotopic (exact) mass is 445 g/mol. The van der Waals surface area contributed by atoms with Crippen molar-refractivity contribution in [3.8, 4) is 0 Å². The molecule has 1 aromatic carbocycles. The van der Waals surface area contributed by atoms with Gasteiger partial charge in [-0.1, -0.05) is 43.3 Å². The molecule has 3 heterocycles. The predicted molar refractivity (Wildman–Crippen MR) is 139 cm³/mol. The number of benzene rings is 1. The molecule has 0 aliphatic carbocycles. The van der Waals surface area contributed by atoms with Gasteiger partial charge >= 0.3 is 0 Å². The minimum absolute atomic E-state index is 0.626. The number of rotatable bonds is 7. The molecule has 1 fully saturated rings. The Morgan fingerprint density at radius 1 is 1.09 bits per heavy atom. The topological polar surface area (TPSA) is 37.2 Å². The van der Waals surface area contributed by atoms with Crippen LogP contribution in [0.2, 0.25) is 0 Å². The summed E-state index contributed by atoms with van der Waals surface area (Å²) in [4.78, 5) is 14.8. The van der Waals surface area contributed by atoms with E-state index in [4.69, 9.17) is 9.97 Å². The molecule has 5 nitrogen and oxygen atoms in total. The zero-order valence-electron chi connectivity index (χ0n) is 21.2. The van der Waals surface area contributed by atoms with Crippen LogP contribution in [-0.4, -0.2) is 62.6 Å². The molecule has 0 N–H and O–H groups in total. The molecule has 1 atom stereocenters. The number of piperazine rings is 1. The number of hydrogen-bond donors (Lipinski definition) is 0. The first kappa shape index (κ1) is 23.7. The molecule has 1 unspecified atom stereocenters. The highest BCUT2D eigenvalue weighted by Crippen LogP contribution is 2.21. The maximum Gasteiger partial charge on any atom is 0.160 e. The van der Waals surface area contributed by atoms with Crippen molar-refractivity contribution in [3.63, 3.8) is 0 Å². The minimum Gasteiger partial charge on any atom is -0.308 e. The molecule has 4 rings (SSSR count). The van der Waals surface area contributed by atoms with Gasteiger partial charge in [0.1, 0.15) is 11.3 Å². The number of hydrogen-bond acceptors (Lipinski definition) is 4. The first-order valence-electron chi connectivity index (χ1n) is 12.4. The van der Waals surface area contributed by atoms with Gasteiger partial charge < -0.3 is 4.57 Å². The molecule has 5 heteroatoms. The number of imidazole rings is 1. The molecule has 3 aromatic rings. The van der Waals surface area contributed by atoms with E-state index in [2.05, 4.69) is 98.4 Å². The minimum atomic E-state index is 0.626. The van der Waals surface area contributed by atoms with Gasteiger partial charge in [-0.15, -0.1) is 0 Å². The Kier molecular flexibility index (Phi) is 7.30. The Labute approximate surface area is 199 Å². The summed E-state index contributed by atoms with van der Waals surface area (Å²) in [6.45, 7) is 18.6. The van der Waals surface area contributed by atoms with Crippen LogP contribution >= 0.6 is 0 Å². The van der Waals surface area contributed by atoms with Crippen molar-refractivity contribution in [2.75, 3.05) is 26.2 Å². The Morgan fingerprint density at radius 3 is 2.52 bits per heavy atom. The number of pyridine rings is 1. The van der Waals surface area contributed by atoms with Crippen molar-refractivity contribution in [1.29, 1.82) is 0 Å². The Hall–Kier alpha value is -2.50. The highest BCUT2D eigenvalue weighted by Gasteiger charge is 2.24. The van der Waals surface area contributed by atoms with Crippen LogP contribution in [0, 0.1) is 13.8 Å². The number of aryl methyl sites for hydroxylation is 3. The van der Waals surface area contributed by atoms with Crippen molar-refractivity contribution in [1.82, 2.24) is 24.3 Å².